The summed E-state index contributed by atoms with van der Waals surface area (Å²) in [7, 11) is 0. The minimum absolute atomic E-state index is 0.113. The van der Waals surface area contributed by atoms with Crippen LogP contribution in [0.3, 0.4) is 0 Å². The molecule has 0 fully saturated rings. The highest BCUT2D eigenvalue weighted by Gasteiger charge is 2.09. The lowest BCUT2D eigenvalue weighted by Gasteiger charge is -2.19. The molecule has 0 bridgehead atoms. The molecule has 1 rings (SSSR count). The van der Waals surface area contributed by atoms with Crippen LogP contribution >= 0.6 is 0 Å². The number of rotatable bonds is 4. The van der Waals surface area contributed by atoms with E-state index in [1.165, 1.54) is 0 Å². The van der Waals surface area contributed by atoms with E-state index in [0.29, 0.717) is 12.4 Å². The van der Waals surface area contributed by atoms with Crippen LogP contribution in [0.15, 0.2) is 18.2 Å². The molecular weight excluding hydrogens is 194 g/mol. The van der Waals surface area contributed by atoms with E-state index in [0.717, 1.165) is 0 Å². The van der Waals surface area contributed by atoms with Crippen molar-refractivity contribution in [2.24, 2.45) is 0 Å². The van der Waals surface area contributed by atoms with Gasteiger partial charge in [-0.15, -0.1) is 0 Å². The third kappa shape index (κ3) is 2.95. The summed E-state index contributed by atoms with van der Waals surface area (Å²) >= 11 is 0. The first kappa shape index (κ1) is 11.0. The van der Waals surface area contributed by atoms with Gasteiger partial charge in [-0.3, -0.25) is 4.79 Å². The lowest BCUT2D eigenvalue weighted by molar-refractivity contribution is -0.135. The number of nitrogens with zero attached hydrogens (tertiary/aromatic N) is 3. The number of aromatic nitrogens is 1. The van der Waals surface area contributed by atoms with Gasteiger partial charge in [0.2, 0.25) is 0 Å². The number of hydrogen-bond acceptors (Lipinski definition) is 4. The number of anilines is 1. The molecule has 0 saturated heterocycles. The molecule has 1 aromatic heterocycles. The number of carbonyl (C=O) groups is 1. The van der Waals surface area contributed by atoms with Crippen LogP contribution in [-0.4, -0.2) is 29.1 Å². The summed E-state index contributed by atoms with van der Waals surface area (Å²) in [5.41, 5.74) is 0.288. The molecule has 0 radical (unpaired) electrons. The zero-order chi connectivity index (χ0) is 11.3. The SMILES string of the molecule is CCN(CC(=O)O)c1cccc(C#N)n1. The Labute approximate surface area is 87.6 Å². The normalized spacial score (nSPS) is 9.33. The third-order valence-corrected chi connectivity index (χ3v) is 1.88. The Morgan fingerprint density at radius 1 is 1.67 bits per heavy atom. The van der Waals surface area contributed by atoms with E-state index < -0.39 is 5.97 Å². The molecule has 0 aliphatic carbocycles. The maximum atomic E-state index is 10.6. The van der Waals surface area contributed by atoms with Crippen molar-refractivity contribution in [1.29, 1.82) is 5.26 Å². The van der Waals surface area contributed by atoms with Crippen molar-refractivity contribution in [1.82, 2.24) is 4.98 Å². The molecule has 0 atom stereocenters. The Kier molecular flexibility index (Phi) is 3.63. The summed E-state index contributed by atoms with van der Waals surface area (Å²) in [5, 5.41) is 17.3. The van der Waals surface area contributed by atoms with Gasteiger partial charge in [0.25, 0.3) is 0 Å². The maximum Gasteiger partial charge on any atom is 0.323 e. The van der Waals surface area contributed by atoms with Crippen LogP contribution < -0.4 is 4.90 Å². The summed E-state index contributed by atoms with van der Waals surface area (Å²) < 4.78 is 0. The second kappa shape index (κ2) is 4.96. The largest absolute Gasteiger partial charge is 0.480 e. The number of hydrogen-bond donors (Lipinski definition) is 1. The molecule has 0 unspecified atom stereocenters. The Bertz CT molecular complexity index is 398. The van der Waals surface area contributed by atoms with Gasteiger partial charge < -0.3 is 10.0 Å². The molecule has 0 aromatic carbocycles. The van der Waals surface area contributed by atoms with Crippen LogP contribution in [0, 0.1) is 11.3 Å². The number of nitriles is 1. The fourth-order valence-electron chi connectivity index (χ4n) is 1.18. The van der Waals surface area contributed by atoms with Crippen molar-refractivity contribution in [3.63, 3.8) is 0 Å². The second-order valence-corrected chi connectivity index (χ2v) is 2.90. The minimum Gasteiger partial charge on any atom is -0.480 e. The minimum atomic E-state index is -0.916. The average Bonchev–Trinajstić information content (AvgIpc) is 2.25. The van der Waals surface area contributed by atoms with Gasteiger partial charge in [-0.2, -0.15) is 5.26 Å². The Hall–Kier alpha value is -2.09. The summed E-state index contributed by atoms with van der Waals surface area (Å²) in [4.78, 5) is 16.2. The average molecular weight is 205 g/mol. The van der Waals surface area contributed by atoms with Crippen LogP contribution in [0.5, 0.6) is 0 Å². The summed E-state index contributed by atoms with van der Waals surface area (Å²) in [6.45, 7) is 2.26. The molecule has 1 heterocycles. The molecule has 1 aromatic rings. The zero-order valence-electron chi connectivity index (χ0n) is 8.34. The van der Waals surface area contributed by atoms with E-state index >= 15 is 0 Å². The van der Waals surface area contributed by atoms with Gasteiger partial charge in [-0.1, -0.05) is 6.07 Å². The summed E-state index contributed by atoms with van der Waals surface area (Å²) in [6, 6.07) is 6.87. The van der Waals surface area contributed by atoms with Crippen molar-refractivity contribution >= 4 is 11.8 Å². The Balaban J connectivity index is 2.92. The lowest BCUT2D eigenvalue weighted by Crippen LogP contribution is -2.30. The number of pyridine rings is 1. The molecule has 0 spiro atoms. The fourth-order valence-corrected chi connectivity index (χ4v) is 1.18. The first-order valence-electron chi connectivity index (χ1n) is 4.51. The van der Waals surface area contributed by atoms with E-state index in [1.54, 1.807) is 23.1 Å². The topological polar surface area (TPSA) is 77.2 Å². The van der Waals surface area contributed by atoms with Crippen molar-refractivity contribution in [3.8, 4) is 6.07 Å². The van der Waals surface area contributed by atoms with Gasteiger partial charge >= 0.3 is 5.97 Å². The van der Waals surface area contributed by atoms with Crippen LogP contribution in [0.4, 0.5) is 5.82 Å². The highest BCUT2D eigenvalue weighted by molar-refractivity contribution is 5.73. The lowest BCUT2D eigenvalue weighted by atomic mass is 10.3. The zero-order valence-corrected chi connectivity index (χ0v) is 8.34. The van der Waals surface area contributed by atoms with E-state index in [9.17, 15) is 4.79 Å². The number of carboxylic acids is 1. The third-order valence-electron chi connectivity index (χ3n) is 1.88. The predicted molar refractivity (Wildman–Crippen MR) is 54.5 cm³/mol. The fraction of sp³-hybridized carbons (Fsp3) is 0.300. The van der Waals surface area contributed by atoms with Crippen LogP contribution in [-0.2, 0) is 4.79 Å². The van der Waals surface area contributed by atoms with Crippen LogP contribution in [0.25, 0.3) is 0 Å². The van der Waals surface area contributed by atoms with Gasteiger partial charge in [0.15, 0.2) is 0 Å². The highest BCUT2D eigenvalue weighted by atomic mass is 16.4. The number of likely N-dealkylation sites (N-methyl/N-ethyl adjacent to an activating group) is 1. The molecule has 78 valence electrons. The predicted octanol–water partition coefficient (Wildman–Crippen LogP) is 0.864. The van der Waals surface area contributed by atoms with Crippen molar-refractivity contribution in [3.05, 3.63) is 23.9 Å². The molecule has 15 heavy (non-hydrogen) atoms. The highest BCUT2D eigenvalue weighted by Crippen LogP contribution is 2.10. The Morgan fingerprint density at radius 3 is 2.93 bits per heavy atom. The van der Waals surface area contributed by atoms with E-state index in [-0.39, 0.29) is 12.2 Å². The van der Waals surface area contributed by atoms with Crippen molar-refractivity contribution in [2.45, 2.75) is 6.92 Å². The summed E-state index contributed by atoms with van der Waals surface area (Å²) in [6.07, 6.45) is 0. The van der Waals surface area contributed by atoms with E-state index in [2.05, 4.69) is 4.98 Å². The van der Waals surface area contributed by atoms with Crippen molar-refractivity contribution in [2.75, 3.05) is 18.0 Å². The van der Waals surface area contributed by atoms with Crippen molar-refractivity contribution < 1.29 is 9.90 Å². The molecule has 1 N–H and O–H groups in total. The molecule has 5 nitrogen and oxygen atoms in total. The summed E-state index contributed by atoms with van der Waals surface area (Å²) in [5.74, 6) is -0.403. The Morgan fingerprint density at radius 2 is 2.40 bits per heavy atom. The van der Waals surface area contributed by atoms with Gasteiger partial charge in [0.05, 0.1) is 0 Å². The second-order valence-electron chi connectivity index (χ2n) is 2.90. The van der Waals surface area contributed by atoms with Gasteiger partial charge in [0, 0.05) is 6.54 Å². The van der Waals surface area contributed by atoms with E-state index in [1.807, 2.05) is 13.0 Å². The van der Waals surface area contributed by atoms with Crippen LogP contribution in [0.2, 0.25) is 0 Å². The molecule has 0 saturated carbocycles. The first-order chi connectivity index (χ1) is 7.17. The number of aliphatic carboxylic acids is 1. The molecule has 0 amide bonds. The van der Waals surface area contributed by atoms with Gasteiger partial charge in [0.1, 0.15) is 24.1 Å². The van der Waals surface area contributed by atoms with Gasteiger partial charge in [-0.25, -0.2) is 4.98 Å². The molecule has 0 aliphatic heterocycles. The van der Waals surface area contributed by atoms with Gasteiger partial charge in [-0.05, 0) is 19.1 Å². The quantitative estimate of drug-likeness (QED) is 0.788. The first-order valence-corrected chi connectivity index (χ1v) is 4.51. The molecule has 0 aliphatic rings. The molecule has 5 heteroatoms. The van der Waals surface area contributed by atoms with Crippen LogP contribution in [0.1, 0.15) is 12.6 Å². The maximum absolute atomic E-state index is 10.6. The number of carboxylic acid groups (broad SMARTS) is 1. The van der Waals surface area contributed by atoms with E-state index in [4.69, 9.17) is 10.4 Å². The molecular formula is C10H11N3O2. The monoisotopic (exact) mass is 205 g/mol. The standard InChI is InChI=1S/C10H11N3O2/c1-2-13(7-10(14)15)9-5-3-4-8(6-11)12-9/h3-5H,2,7H2,1H3,(H,14,15). The smallest absolute Gasteiger partial charge is 0.323 e.